The monoisotopic (exact) mass is 659 g/mol. The largest absolute Gasteiger partial charge is 0.390 e. The van der Waals surface area contributed by atoms with Crippen LogP contribution in [-0.4, -0.2) is 76.4 Å². The quantitative estimate of drug-likeness (QED) is 0.184. The van der Waals surface area contributed by atoms with Crippen LogP contribution in [0.3, 0.4) is 0 Å². The maximum atomic E-state index is 13.9. The highest BCUT2D eigenvalue weighted by molar-refractivity contribution is 7.92. The zero-order chi connectivity index (χ0) is 33.9. The van der Waals surface area contributed by atoms with Gasteiger partial charge in [0.05, 0.1) is 29.5 Å². The van der Waals surface area contributed by atoms with E-state index in [-0.39, 0.29) is 36.5 Å². The Morgan fingerprint density at radius 3 is 2.17 bits per heavy atom. The van der Waals surface area contributed by atoms with Crippen LogP contribution in [0.15, 0.2) is 42.9 Å². The molecule has 3 rings (SSSR count). The second-order valence-corrected chi connectivity index (χ2v) is 16.8. The molecule has 2 unspecified atom stereocenters. The summed E-state index contributed by atoms with van der Waals surface area (Å²) in [5.41, 5.74) is 1.15. The Kier molecular flexibility index (Phi) is 13.8. The summed E-state index contributed by atoms with van der Waals surface area (Å²) in [5, 5.41) is 19.1. The van der Waals surface area contributed by atoms with Gasteiger partial charge in [0.1, 0.15) is 12.1 Å². The lowest BCUT2D eigenvalue weighted by atomic mass is 9.83. The van der Waals surface area contributed by atoms with Crippen molar-refractivity contribution < 1.29 is 27.9 Å². The summed E-state index contributed by atoms with van der Waals surface area (Å²) in [6, 6.07) is 6.45. The normalized spacial score (nSPS) is 17.1. The molecule has 1 aliphatic carbocycles. The molecule has 1 fully saturated rings. The van der Waals surface area contributed by atoms with Crippen LogP contribution in [0, 0.1) is 11.3 Å². The first kappa shape index (κ1) is 37.2. The van der Waals surface area contributed by atoms with Crippen LogP contribution in [0.25, 0.3) is 0 Å². The predicted molar refractivity (Wildman–Crippen MR) is 178 cm³/mol. The van der Waals surface area contributed by atoms with E-state index in [4.69, 9.17) is 0 Å². The molecule has 1 aliphatic rings. The highest BCUT2D eigenvalue weighted by Gasteiger charge is 2.34. The molecule has 256 valence electrons. The van der Waals surface area contributed by atoms with Crippen molar-refractivity contribution in [2.24, 2.45) is 11.3 Å². The molecule has 11 nitrogen and oxygen atoms in total. The van der Waals surface area contributed by atoms with Crippen molar-refractivity contribution in [1.29, 1.82) is 0 Å². The molecule has 0 spiro atoms. The van der Waals surface area contributed by atoms with Gasteiger partial charge in [0, 0.05) is 31.2 Å². The number of aromatic amines is 1. The van der Waals surface area contributed by atoms with E-state index in [1.54, 1.807) is 20.0 Å². The molecule has 1 aromatic heterocycles. The first-order valence-corrected chi connectivity index (χ1v) is 18.2. The molecule has 4 atom stereocenters. The molecular formula is C34H53N5O6S. The second-order valence-electron chi connectivity index (χ2n) is 14.2. The third-order valence-electron chi connectivity index (χ3n) is 8.46. The van der Waals surface area contributed by atoms with Crippen LogP contribution in [0.1, 0.15) is 90.8 Å². The molecule has 3 amide bonds. The van der Waals surface area contributed by atoms with E-state index in [0.29, 0.717) is 12.1 Å². The van der Waals surface area contributed by atoms with E-state index in [2.05, 4.69) is 25.9 Å². The lowest BCUT2D eigenvalue weighted by molar-refractivity contribution is -0.133. The predicted octanol–water partition coefficient (Wildman–Crippen LogP) is 3.24. The topological polar surface area (TPSA) is 170 Å². The van der Waals surface area contributed by atoms with Crippen molar-refractivity contribution in [1.82, 2.24) is 25.9 Å². The third kappa shape index (κ3) is 12.5. The van der Waals surface area contributed by atoms with Gasteiger partial charge in [0.15, 0.2) is 9.84 Å². The number of aromatic nitrogens is 2. The summed E-state index contributed by atoms with van der Waals surface area (Å²) in [5.74, 6) is -1.59. The number of benzene rings is 1. The summed E-state index contributed by atoms with van der Waals surface area (Å²) in [6.45, 7) is 8.95. The Bertz CT molecular complexity index is 1350. The standard InChI is InChI=1S/C34H53N5O6S/c1-23(2)46(44,45)21-30(40)27(16-24-12-8-6-9-13-24)38-33(43)29(18-26-20-35-22-36-26)39-32(42)28(17-25-14-10-7-11-15-25)37-31(41)19-34(3,4)5/h7,10-11,14-15,20,22-24,27-30,40H,6,8-9,12-13,16-19,21H2,1-5H3,(H,35,36)(H,37,41)(H,38,43)(H,39,42)/t27-,28?,29?,30-/m0/s1. The number of nitrogens with zero attached hydrogens (tertiary/aromatic N) is 1. The first-order valence-electron chi connectivity index (χ1n) is 16.4. The number of carbonyl (C=O) groups excluding carboxylic acids is 3. The average Bonchev–Trinajstić information content (AvgIpc) is 3.49. The van der Waals surface area contributed by atoms with Crippen molar-refractivity contribution in [3.05, 3.63) is 54.1 Å². The lowest BCUT2D eigenvalue weighted by Gasteiger charge is -2.32. The highest BCUT2D eigenvalue weighted by Crippen LogP contribution is 2.28. The minimum Gasteiger partial charge on any atom is -0.390 e. The third-order valence-corrected chi connectivity index (χ3v) is 10.7. The Morgan fingerprint density at radius 2 is 1.59 bits per heavy atom. The van der Waals surface area contributed by atoms with E-state index in [1.807, 2.05) is 51.1 Å². The number of nitrogens with one attached hydrogen (secondary N) is 4. The average molecular weight is 660 g/mol. The molecule has 1 heterocycles. The van der Waals surface area contributed by atoms with Crippen LogP contribution in [-0.2, 0) is 37.1 Å². The molecule has 2 aromatic rings. The second kappa shape index (κ2) is 17.1. The number of aliphatic hydroxyl groups is 1. The van der Waals surface area contributed by atoms with Crippen molar-refractivity contribution in [3.63, 3.8) is 0 Å². The zero-order valence-electron chi connectivity index (χ0n) is 27.9. The van der Waals surface area contributed by atoms with Crippen LogP contribution in [0.4, 0.5) is 0 Å². The van der Waals surface area contributed by atoms with Gasteiger partial charge in [0.2, 0.25) is 17.7 Å². The minimum absolute atomic E-state index is 0.0715. The van der Waals surface area contributed by atoms with Gasteiger partial charge < -0.3 is 26.0 Å². The maximum Gasteiger partial charge on any atom is 0.243 e. The number of imidazole rings is 1. The minimum atomic E-state index is -3.59. The molecule has 0 radical (unpaired) electrons. The van der Waals surface area contributed by atoms with Gasteiger partial charge in [-0.1, -0.05) is 83.2 Å². The molecule has 0 aliphatic heterocycles. The van der Waals surface area contributed by atoms with Crippen molar-refractivity contribution in [3.8, 4) is 0 Å². The van der Waals surface area contributed by atoms with Gasteiger partial charge in [-0.2, -0.15) is 0 Å². The Labute approximate surface area is 274 Å². The van der Waals surface area contributed by atoms with Crippen LogP contribution in [0.5, 0.6) is 0 Å². The van der Waals surface area contributed by atoms with Gasteiger partial charge in [-0.3, -0.25) is 14.4 Å². The number of carbonyl (C=O) groups is 3. The van der Waals surface area contributed by atoms with Gasteiger partial charge >= 0.3 is 0 Å². The molecule has 0 bridgehead atoms. The Morgan fingerprint density at radius 1 is 0.957 bits per heavy atom. The summed E-state index contributed by atoms with van der Waals surface area (Å²) in [6.07, 6.45) is 7.78. The molecular weight excluding hydrogens is 606 g/mol. The summed E-state index contributed by atoms with van der Waals surface area (Å²) in [7, 11) is -3.59. The Balaban J connectivity index is 1.85. The summed E-state index contributed by atoms with van der Waals surface area (Å²) >= 11 is 0. The Hall–Kier alpha value is -3.25. The van der Waals surface area contributed by atoms with E-state index >= 15 is 0 Å². The number of rotatable bonds is 16. The summed E-state index contributed by atoms with van der Waals surface area (Å²) in [4.78, 5) is 47.7. The zero-order valence-corrected chi connectivity index (χ0v) is 28.7. The molecule has 1 saturated carbocycles. The van der Waals surface area contributed by atoms with Crippen molar-refractivity contribution in [2.45, 2.75) is 122 Å². The number of hydrogen-bond donors (Lipinski definition) is 5. The fourth-order valence-electron chi connectivity index (χ4n) is 5.81. The van der Waals surface area contributed by atoms with Gasteiger partial charge in [-0.25, -0.2) is 13.4 Å². The number of H-pyrrole nitrogens is 1. The van der Waals surface area contributed by atoms with Gasteiger partial charge in [-0.15, -0.1) is 0 Å². The van der Waals surface area contributed by atoms with Crippen molar-refractivity contribution >= 4 is 27.6 Å². The number of hydrogen-bond acceptors (Lipinski definition) is 7. The SMILES string of the molecule is CC(C)S(=O)(=O)C[C@H](O)[C@H](CC1CCCCC1)NC(=O)C(Cc1cnc[nH]1)NC(=O)C(Cc1ccccc1)NC(=O)CC(C)(C)C. The smallest absolute Gasteiger partial charge is 0.243 e. The van der Waals surface area contributed by atoms with Crippen LogP contribution in [0.2, 0.25) is 0 Å². The molecule has 5 N–H and O–H groups in total. The molecule has 1 aromatic carbocycles. The number of sulfone groups is 1. The summed E-state index contributed by atoms with van der Waals surface area (Å²) < 4.78 is 25.5. The van der Waals surface area contributed by atoms with Crippen molar-refractivity contribution in [2.75, 3.05) is 5.75 Å². The lowest BCUT2D eigenvalue weighted by Crippen LogP contribution is -2.58. The number of amides is 3. The fraction of sp³-hybridized carbons (Fsp3) is 0.647. The highest BCUT2D eigenvalue weighted by atomic mass is 32.2. The van der Waals surface area contributed by atoms with E-state index in [9.17, 15) is 27.9 Å². The molecule has 0 saturated heterocycles. The molecule has 12 heteroatoms. The molecule has 46 heavy (non-hydrogen) atoms. The number of aliphatic hydroxyl groups excluding tert-OH is 1. The van der Waals surface area contributed by atoms with Gasteiger partial charge in [-0.05, 0) is 37.2 Å². The van der Waals surface area contributed by atoms with Crippen LogP contribution >= 0.6 is 0 Å². The van der Waals surface area contributed by atoms with E-state index < -0.39 is 56.9 Å². The van der Waals surface area contributed by atoms with E-state index in [0.717, 1.165) is 37.7 Å². The van der Waals surface area contributed by atoms with Crippen LogP contribution < -0.4 is 16.0 Å². The maximum absolute atomic E-state index is 13.9. The van der Waals surface area contributed by atoms with E-state index in [1.165, 1.54) is 6.33 Å². The van der Waals surface area contributed by atoms with Gasteiger partial charge in [0.25, 0.3) is 0 Å². The first-order chi connectivity index (χ1) is 21.6. The fourth-order valence-corrected chi connectivity index (χ4v) is 6.90.